The summed E-state index contributed by atoms with van der Waals surface area (Å²) >= 11 is 0. The van der Waals surface area contributed by atoms with Crippen LogP contribution in [-0.4, -0.2) is 82.3 Å². The van der Waals surface area contributed by atoms with E-state index in [0.717, 1.165) is 105 Å². The number of benzene rings is 4. The number of piperidine rings is 2. The number of Topliss-reactive ketones (excluding diaryl/α,β-unsaturated/α-hetero) is 2. The summed E-state index contributed by atoms with van der Waals surface area (Å²) in [5.74, 6) is 3.74. The average molecular weight is 789 g/mol. The van der Waals surface area contributed by atoms with E-state index in [4.69, 9.17) is 18.9 Å². The summed E-state index contributed by atoms with van der Waals surface area (Å²) < 4.78 is 21.0. The van der Waals surface area contributed by atoms with Gasteiger partial charge in [0.05, 0.1) is 28.4 Å². The molecule has 0 amide bonds. The van der Waals surface area contributed by atoms with Crippen molar-refractivity contribution in [2.75, 3.05) is 54.6 Å². The van der Waals surface area contributed by atoms with Crippen LogP contribution >= 0.6 is 0 Å². The summed E-state index contributed by atoms with van der Waals surface area (Å²) in [6, 6.07) is 28.6. The Bertz CT molecular complexity index is 2000. The number of ether oxygens (including phenoxy) is 4. The Hall–Kier alpha value is -5.25. The Balaban J connectivity index is 0.000000180. The van der Waals surface area contributed by atoms with Crippen molar-refractivity contribution in [1.29, 1.82) is 0 Å². The molecule has 4 aromatic carbocycles. The minimum Gasteiger partial charge on any atom is -0.493 e. The lowest BCUT2D eigenvalue weighted by Gasteiger charge is -2.30. The number of likely N-dealkylation sites (tertiary alicyclic amines) is 2. The van der Waals surface area contributed by atoms with Crippen LogP contribution in [0.5, 0.6) is 23.0 Å². The molecule has 2 heterocycles. The van der Waals surface area contributed by atoms with Crippen molar-refractivity contribution in [1.82, 2.24) is 9.80 Å². The van der Waals surface area contributed by atoms with Crippen LogP contribution in [0, 0.1) is 11.8 Å². The Morgan fingerprint density at radius 2 is 1.03 bits per heavy atom. The number of rotatable bonds is 10. The molecule has 4 aromatic rings. The number of fused-ring (bicyclic) bond motifs is 2. The van der Waals surface area contributed by atoms with Gasteiger partial charge in [0, 0.05) is 48.5 Å². The summed E-state index contributed by atoms with van der Waals surface area (Å²) in [6.45, 7) is 6.29. The van der Waals surface area contributed by atoms with Gasteiger partial charge in [0.25, 0.3) is 0 Å². The first-order chi connectivity index (χ1) is 27.8. The van der Waals surface area contributed by atoms with Crippen LogP contribution in [0.25, 0.3) is 0 Å². The summed E-state index contributed by atoms with van der Waals surface area (Å²) in [5, 5.41) is 0. The van der Waals surface area contributed by atoms with E-state index in [-0.39, 0.29) is 19.0 Å². The lowest BCUT2D eigenvalue weighted by molar-refractivity contribution is -0.112. The molecule has 0 atom stereocenters. The Labute approximate surface area is 344 Å². The van der Waals surface area contributed by atoms with Crippen LogP contribution in [0.2, 0.25) is 0 Å². The van der Waals surface area contributed by atoms with E-state index in [1.54, 1.807) is 34.5 Å². The SMILES string of the molecule is C.COc1cc2c(cc1OC)C(=O)/C(=C\C1CCN(Cc3ccccc3)CC1)C2.COc1cc2c(cc1OC)C(=O)CC2.O=CC1CCN(Cc2ccccc2)CC1. The van der Waals surface area contributed by atoms with E-state index in [0.29, 0.717) is 47.7 Å². The Kier molecular flexibility index (Phi) is 16.3. The monoisotopic (exact) mass is 788 g/mol. The zero-order valence-corrected chi connectivity index (χ0v) is 33.8. The van der Waals surface area contributed by atoms with Gasteiger partial charge < -0.3 is 23.7 Å². The van der Waals surface area contributed by atoms with E-state index in [2.05, 4.69) is 70.5 Å². The number of aryl methyl sites for hydroxylation is 1. The molecular formula is C49H60N2O7. The summed E-state index contributed by atoms with van der Waals surface area (Å²) in [7, 11) is 6.40. The molecule has 58 heavy (non-hydrogen) atoms. The zero-order valence-electron chi connectivity index (χ0n) is 33.8. The molecule has 0 N–H and O–H groups in total. The molecule has 8 rings (SSSR count). The van der Waals surface area contributed by atoms with E-state index in [1.165, 1.54) is 11.1 Å². The van der Waals surface area contributed by atoms with Crippen molar-refractivity contribution in [2.45, 2.75) is 65.5 Å². The third kappa shape index (κ3) is 11.2. The average Bonchev–Trinajstić information content (AvgIpc) is 3.78. The van der Waals surface area contributed by atoms with Crippen molar-refractivity contribution in [3.05, 3.63) is 130 Å². The highest BCUT2D eigenvalue weighted by Gasteiger charge is 2.29. The number of allylic oxidation sites excluding steroid dienone is 2. The van der Waals surface area contributed by atoms with Gasteiger partial charge in [-0.2, -0.15) is 0 Å². The lowest BCUT2D eigenvalue weighted by Crippen LogP contribution is -2.33. The molecule has 308 valence electrons. The maximum atomic E-state index is 12.9. The number of hydrogen-bond donors (Lipinski definition) is 0. The molecule has 2 fully saturated rings. The van der Waals surface area contributed by atoms with E-state index < -0.39 is 0 Å². The van der Waals surface area contributed by atoms with Crippen LogP contribution < -0.4 is 18.9 Å². The zero-order chi connectivity index (χ0) is 40.1. The molecule has 0 bridgehead atoms. The molecular weight excluding hydrogens is 729 g/mol. The van der Waals surface area contributed by atoms with Gasteiger partial charge in [-0.25, -0.2) is 0 Å². The minimum atomic E-state index is 0. The number of aldehydes is 1. The van der Waals surface area contributed by atoms with Gasteiger partial charge in [-0.05, 0) is 111 Å². The molecule has 4 aliphatic rings. The maximum Gasteiger partial charge on any atom is 0.189 e. The van der Waals surface area contributed by atoms with E-state index >= 15 is 0 Å². The van der Waals surface area contributed by atoms with E-state index in [9.17, 15) is 14.4 Å². The first-order valence-electron chi connectivity index (χ1n) is 20.1. The van der Waals surface area contributed by atoms with Gasteiger partial charge in [-0.3, -0.25) is 19.4 Å². The largest absolute Gasteiger partial charge is 0.493 e. The molecule has 0 aromatic heterocycles. The Morgan fingerprint density at radius 1 is 0.586 bits per heavy atom. The first-order valence-corrected chi connectivity index (χ1v) is 20.1. The third-order valence-electron chi connectivity index (χ3n) is 11.4. The quantitative estimate of drug-likeness (QED) is 0.115. The van der Waals surface area contributed by atoms with Gasteiger partial charge in [0.2, 0.25) is 0 Å². The van der Waals surface area contributed by atoms with Gasteiger partial charge in [0.15, 0.2) is 34.6 Å². The van der Waals surface area contributed by atoms with Crippen LogP contribution in [0.4, 0.5) is 0 Å². The predicted octanol–water partition coefficient (Wildman–Crippen LogP) is 8.85. The van der Waals surface area contributed by atoms with Crippen LogP contribution in [0.15, 0.2) is 96.6 Å². The molecule has 0 spiro atoms. The van der Waals surface area contributed by atoms with Crippen molar-refractivity contribution in [3.8, 4) is 23.0 Å². The normalized spacial score (nSPS) is 17.5. The number of methoxy groups -OCH3 is 4. The number of nitrogens with zero attached hydrogens (tertiary/aromatic N) is 2. The molecule has 2 aliphatic carbocycles. The van der Waals surface area contributed by atoms with Crippen molar-refractivity contribution in [2.24, 2.45) is 11.8 Å². The summed E-state index contributed by atoms with van der Waals surface area (Å²) in [4.78, 5) is 39.8. The van der Waals surface area contributed by atoms with Crippen LogP contribution in [0.3, 0.4) is 0 Å². The summed E-state index contributed by atoms with van der Waals surface area (Å²) in [6.07, 6.45) is 9.70. The molecule has 2 saturated heterocycles. The van der Waals surface area contributed by atoms with Crippen LogP contribution in [0.1, 0.15) is 82.5 Å². The van der Waals surface area contributed by atoms with Gasteiger partial charge in [0.1, 0.15) is 6.29 Å². The second-order valence-corrected chi connectivity index (χ2v) is 15.2. The molecule has 0 saturated carbocycles. The highest BCUT2D eigenvalue weighted by atomic mass is 16.5. The molecule has 0 radical (unpaired) electrons. The Morgan fingerprint density at radius 3 is 1.52 bits per heavy atom. The number of ketones is 2. The number of hydrogen-bond acceptors (Lipinski definition) is 9. The van der Waals surface area contributed by atoms with Gasteiger partial charge >= 0.3 is 0 Å². The fraction of sp³-hybridized carbons (Fsp3) is 0.408. The standard InChI is InChI=1S/C24H27NO3.C13H17NO.C11H12O3.CH4/c1-27-22-14-19-13-20(24(26)21(19)15-23(22)28-2)12-17-8-10-25(11-9-17)16-18-6-4-3-5-7-18;15-11-13-6-8-14(9-7-13)10-12-4-2-1-3-5-12;1-13-10-5-7-3-4-9(12)8(7)6-11(10)14-2;/h3-7,12,14-15,17H,8-11,13,16H2,1-2H3;1-5,11,13H,6-10H2;5-6H,3-4H2,1-2H3;1H4/b20-12-;;;. The van der Waals surface area contributed by atoms with Gasteiger partial charge in [-0.1, -0.05) is 74.2 Å². The third-order valence-corrected chi connectivity index (χ3v) is 11.4. The molecule has 9 heteroatoms. The fourth-order valence-electron chi connectivity index (χ4n) is 8.13. The smallest absolute Gasteiger partial charge is 0.189 e. The van der Waals surface area contributed by atoms with Crippen LogP contribution in [-0.2, 0) is 30.7 Å². The van der Waals surface area contributed by atoms with Crippen molar-refractivity contribution < 1.29 is 33.3 Å². The fourth-order valence-corrected chi connectivity index (χ4v) is 8.13. The second kappa shape index (κ2) is 21.5. The van der Waals surface area contributed by atoms with E-state index in [1.807, 2.05) is 24.3 Å². The topological polar surface area (TPSA) is 94.6 Å². The number of carbonyl (C=O) groups excluding carboxylic acids is 3. The highest BCUT2D eigenvalue weighted by molar-refractivity contribution is 6.13. The van der Waals surface area contributed by atoms with Gasteiger partial charge in [-0.15, -0.1) is 0 Å². The summed E-state index contributed by atoms with van der Waals surface area (Å²) in [5.41, 5.74) is 7.29. The second-order valence-electron chi connectivity index (χ2n) is 15.2. The highest BCUT2D eigenvalue weighted by Crippen LogP contribution is 2.38. The number of carbonyl (C=O) groups is 3. The molecule has 9 nitrogen and oxygen atoms in total. The van der Waals surface area contributed by atoms with Crippen molar-refractivity contribution >= 4 is 17.9 Å². The molecule has 0 unspecified atom stereocenters. The minimum absolute atomic E-state index is 0. The predicted molar refractivity (Wildman–Crippen MR) is 230 cm³/mol. The maximum absolute atomic E-state index is 12.9. The molecule has 2 aliphatic heterocycles. The first kappa shape index (κ1) is 43.9. The van der Waals surface area contributed by atoms with Crippen molar-refractivity contribution in [3.63, 3.8) is 0 Å². The lowest BCUT2D eigenvalue weighted by atomic mass is 9.93.